The lowest BCUT2D eigenvalue weighted by atomic mass is 9.96. The Bertz CT molecular complexity index is 953. The van der Waals surface area contributed by atoms with E-state index in [1.807, 2.05) is 0 Å². The van der Waals surface area contributed by atoms with Crippen molar-refractivity contribution in [1.29, 1.82) is 0 Å². The second-order valence-electron chi connectivity index (χ2n) is 7.09. The monoisotopic (exact) mass is 420 g/mol. The summed E-state index contributed by atoms with van der Waals surface area (Å²) in [4.78, 5) is 4.54. The lowest BCUT2D eigenvalue weighted by molar-refractivity contribution is -0.0883. The molecule has 1 heterocycles. The number of nitrogens with zero attached hydrogens (tertiary/aromatic N) is 1. The van der Waals surface area contributed by atoms with E-state index in [1.54, 1.807) is 38.1 Å². The molecule has 0 bridgehead atoms. The third-order valence-electron chi connectivity index (χ3n) is 4.79. The predicted molar refractivity (Wildman–Crippen MR) is 109 cm³/mol. The Kier molecular flexibility index (Phi) is 6.80. The molecule has 2 aromatic rings. The molecule has 7 heteroatoms. The van der Waals surface area contributed by atoms with Gasteiger partial charge in [-0.25, -0.2) is 9.37 Å². The van der Waals surface area contributed by atoms with Gasteiger partial charge in [0.15, 0.2) is 0 Å². The maximum absolute atomic E-state index is 13.4. The Labute approximate surface area is 173 Å². The topological polar surface area (TPSA) is 38.1 Å². The number of rotatable bonds is 6. The Morgan fingerprint density at radius 3 is 2.63 bits per heavy atom. The molecule has 30 heavy (non-hydrogen) atoms. The lowest BCUT2D eigenvalue weighted by Crippen LogP contribution is -2.17. The first kappa shape index (κ1) is 21.9. The van der Waals surface area contributed by atoms with E-state index in [4.69, 9.17) is 4.42 Å². The van der Waals surface area contributed by atoms with Gasteiger partial charge in [-0.3, -0.25) is 0 Å². The molecule has 3 rings (SSSR count). The smallest absolute Gasteiger partial charge is 0.416 e. The molecule has 1 aromatic heterocycles. The third kappa shape index (κ3) is 5.20. The summed E-state index contributed by atoms with van der Waals surface area (Å²) in [6.45, 7) is 3.39. The van der Waals surface area contributed by atoms with Gasteiger partial charge in [0.05, 0.1) is 11.6 Å². The maximum Gasteiger partial charge on any atom is 0.416 e. The van der Waals surface area contributed by atoms with E-state index < -0.39 is 11.7 Å². The highest BCUT2D eigenvalue weighted by molar-refractivity contribution is 5.71. The fourth-order valence-electron chi connectivity index (χ4n) is 3.43. The first-order chi connectivity index (χ1) is 14.3. The summed E-state index contributed by atoms with van der Waals surface area (Å²) >= 11 is 0. The molecule has 160 valence electrons. The third-order valence-corrected chi connectivity index (χ3v) is 4.79. The Balaban J connectivity index is 1.95. The number of aryl methyl sites for hydroxylation is 1. The summed E-state index contributed by atoms with van der Waals surface area (Å²) in [5.74, 6) is 0.506. The summed E-state index contributed by atoms with van der Waals surface area (Å²) in [5.41, 5.74) is 0.969. The zero-order valence-corrected chi connectivity index (χ0v) is 16.9. The highest BCUT2D eigenvalue weighted by Crippen LogP contribution is 2.36. The van der Waals surface area contributed by atoms with Crippen molar-refractivity contribution in [3.8, 4) is 0 Å². The van der Waals surface area contributed by atoms with Gasteiger partial charge in [-0.1, -0.05) is 25.2 Å². The quantitative estimate of drug-likeness (QED) is 0.398. The highest BCUT2D eigenvalue weighted by atomic mass is 19.4. The van der Waals surface area contributed by atoms with Gasteiger partial charge in [-0.2, -0.15) is 13.2 Å². The van der Waals surface area contributed by atoms with Crippen molar-refractivity contribution in [3.05, 3.63) is 77.3 Å². The molecule has 0 amide bonds. The number of aromatic nitrogens is 1. The van der Waals surface area contributed by atoms with Crippen LogP contribution in [-0.2, 0) is 6.42 Å². The van der Waals surface area contributed by atoms with Gasteiger partial charge >= 0.3 is 6.18 Å². The number of allylic oxidation sites excluding steroid dienone is 6. The first-order valence-electron chi connectivity index (χ1n) is 9.95. The number of anilines is 1. The number of benzene rings is 1. The zero-order chi connectivity index (χ0) is 21.7. The number of oxazole rings is 1. The zero-order valence-electron chi connectivity index (χ0n) is 16.9. The fourth-order valence-corrected chi connectivity index (χ4v) is 3.43. The summed E-state index contributed by atoms with van der Waals surface area (Å²) < 4.78 is 59.1. The number of hydrogen-bond donors (Lipinski definition) is 1. The van der Waals surface area contributed by atoms with Crippen LogP contribution in [0.2, 0.25) is 0 Å². The van der Waals surface area contributed by atoms with Crippen LogP contribution in [0.1, 0.15) is 56.5 Å². The molecule has 1 atom stereocenters. The van der Waals surface area contributed by atoms with Gasteiger partial charge < -0.3 is 9.73 Å². The molecule has 1 aromatic carbocycles. The molecule has 1 N–H and O–H groups in total. The lowest BCUT2D eigenvalue weighted by Gasteiger charge is -2.22. The van der Waals surface area contributed by atoms with Crippen LogP contribution in [0.15, 0.2) is 58.6 Å². The minimum absolute atomic E-state index is 0.156. The maximum atomic E-state index is 13.4. The minimum atomic E-state index is -4.46. The normalized spacial score (nSPS) is 18.0. The van der Waals surface area contributed by atoms with Crippen LogP contribution in [0, 0.1) is 5.82 Å². The summed E-state index contributed by atoms with van der Waals surface area (Å²) in [7, 11) is 0. The van der Waals surface area contributed by atoms with Gasteiger partial charge in [-0.05, 0) is 56.5 Å². The second kappa shape index (κ2) is 9.32. The summed E-state index contributed by atoms with van der Waals surface area (Å²) in [6, 6.07) is 5.86. The van der Waals surface area contributed by atoms with Crippen molar-refractivity contribution in [2.75, 3.05) is 5.32 Å². The van der Waals surface area contributed by atoms with Crippen LogP contribution in [0.5, 0.6) is 0 Å². The van der Waals surface area contributed by atoms with Gasteiger partial charge in [0.1, 0.15) is 17.3 Å². The van der Waals surface area contributed by atoms with Gasteiger partial charge in [-0.15, -0.1) is 0 Å². The summed E-state index contributed by atoms with van der Waals surface area (Å²) in [5, 5.41) is 3.32. The number of nitrogens with one attached hydrogen (secondary N) is 1. The van der Waals surface area contributed by atoms with Crippen molar-refractivity contribution >= 4 is 11.3 Å². The minimum Gasteiger partial charge on any atom is -0.441 e. The highest BCUT2D eigenvalue weighted by Gasteiger charge is 2.33. The molecular weight excluding hydrogens is 396 g/mol. The standard InChI is InChI=1S/C23H24F4N2O/c1-3-6-15(14-16(7-4-2)23(25,26)27)22-29-21-19(8-5-9-20(21)30-22)28-18-12-10-17(24)11-13-18/h3,6-7,10-14,19,28H,4-5,8-9H2,1-2H3/b6-3-,15-14+,16-7-. The Morgan fingerprint density at radius 2 is 2.00 bits per heavy atom. The van der Waals surface area contributed by atoms with Crippen LogP contribution in [-0.4, -0.2) is 11.2 Å². The van der Waals surface area contributed by atoms with Crippen molar-refractivity contribution in [2.45, 2.75) is 51.7 Å². The van der Waals surface area contributed by atoms with E-state index in [0.717, 1.165) is 30.7 Å². The average molecular weight is 420 g/mol. The van der Waals surface area contributed by atoms with E-state index in [9.17, 15) is 17.6 Å². The molecule has 0 saturated carbocycles. The molecule has 0 saturated heterocycles. The van der Waals surface area contributed by atoms with Crippen LogP contribution in [0.3, 0.4) is 0 Å². The Morgan fingerprint density at radius 1 is 1.27 bits per heavy atom. The number of fused-ring (bicyclic) bond motifs is 1. The molecule has 0 aliphatic heterocycles. The van der Waals surface area contributed by atoms with Gasteiger partial charge in [0.25, 0.3) is 0 Å². The van der Waals surface area contributed by atoms with Crippen molar-refractivity contribution < 1.29 is 22.0 Å². The molecule has 1 aliphatic carbocycles. The molecule has 1 aliphatic rings. The van der Waals surface area contributed by atoms with Crippen LogP contribution < -0.4 is 5.32 Å². The number of alkyl halides is 3. The molecule has 3 nitrogen and oxygen atoms in total. The van der Waals surface area contributed by atoms with Crippen LogP contribution >= 0.6 is 0 Å². The van der Waals surface area contributed by atoms with E-state index in [0.29, 0.717) is 17.9 Å². The van der Waals surface area contributed by atoms with E-state index in [1.165, 1.54) is 12.1 Å². The van der Waals surface area contributed by atoms with E-state index in [2.05, 4.69) is 10.3 Å². The molecular formula is C23H24F4N2O. The molecule has 0 spiro atoms. The summed E-state index contributed by atoms with van der Waals surface area (Å²) in [6.07, 6.45) is 3.56. The SMILES string of the molecule is C\C=C/C(=C\C(=C\CC)C(F)(F)F)c1nc2c(o1)CCCC2Nc1ccc(F)cc1. The number of hydrogen-bond acceptors (Lipinski definition) is 3. The van der Waals surface area contributed by atoms with Gasteiger partial charge in [0, 0.05) is 17.7 Å². The molecule has 1 unspecified atom stereocenters. The largest absolute Gasteiger partial charge is 0.441 e. The van der Waals surface area contributed by atoms with Crippen molar-refractivity contribution in [3.63, 3.8) is 0 Å². The van der Waals surface area contributed by atoms with Crippen LogP contribution in [0.25, 0.3) is 5.57 Å². The van der Waals surface area contributed by atoms with E-state index >= 15 is 0 Å². The molecule has 0 fully saturated rings. The average Bonchev–Trinajstić information content (AvgIpc) is 3.13. The Hall–Kier alpha value is -2.83. The second-order valence-corrected chi connectivity index (χ2v) is 7.09. The van der Waals surface area contributed by atoms with Gasteiger partial charge in [0.2, 0.25) is 5.89 Å². The van der Waals surface area contributed by atoms with Crippen LogP contribution in [0.4, 0.5) is 23.2 Å². The predicted octanol–water partition coefficient (Wildman–Crippen LogP) is 7.16. The first-order valence-corrected chi connectivity index (χ1v) is 9.95. The molecule has 0 radical (unpaired) electrons. The van der Waals surface area contributed by atoms with Crippen molar-refractivity contribution in [2.24, 2.45) is 0 Å². The number of halogens is 4. The van der Waals surface area contributed by atoms with E-state index in [-0.39, 0.29) is 29.7 Å². The fraction of sp³-hybridized carbons (Fsp3) is 0.348. The van der Waals surface area contributed by atoms with Crippen molar-refractivity contribution in [1.82, 2.24) is 4.98 Å².